The first-order valence-electron chi connectivity index (χ1n) is 5.36. The van der Waals surface area contributed by atoms with Crippen molar-refractivity contribution < 1.29 is 4.39 Å². The molecule has 1 aliphatic carbocycles. The van der Waals surface area contributed by atoms with Crippen LogP contribution in [0.4, 0.5) is 4.39 Å². The zero-order valence-corrected chi connectivity index (χ0v) is 10.1. The van der Waals surface area contributed by atoms with Crippen molar-refractivity contribution in [3.8, 4) is 0 Å². The van der Waals surface area contributed by atoms with E-state index >= 15 is 0 Å². The Morgan fingerprint density at radius 1 is 1.40 bits per heavy atom. The first-order chi connectivity index (χ1) is 7.16. The smallest absolute Gasteiger partial charge is 0.127 e. The monoisotopic (exact) mass is 271 g/mol. The molecule has 0 saturated heterocycles. The van der Waals surface area contributed by atoms with Gasteiger partial charge in [0.1, 0.15) is 5.82 Å². The molecule has 2 unspecified atom stereocenters. The third-order valence-electron chi connectivity index (χ3n) is 3.22. The van der Waals surface area contributed by atoms with E-state index in [-0.39, 0.29) is 11.9 Å². The van der Waals surface area contributed by atoms with Crippen molar-refractivity contribution in [2.45, 2.75) is 31.7 Å². The van der Waals surface area contributed by atoms with Gasteiger partial charge in [-0.15, -0.1) is 0 Å². The molecule has 1 fully saturated rings. The van der Waals surface area contributed by atoms with Crippen LogP contribution < -0.4 is 5.73 Å². The maximum absolute atomic E-state index is 13.6. The molecule has 0 aromatic heterocycles. The third-order valence-corrected chi connectivity index (χ3v) is 3.71. The Kier molecular flexibility index (Phi) is 3.42. The summed E-state index contributed by atoms with van der Waals surface area (Å²) in [6.07, 6.45) is 4.18. The fourth-order valence-corrected chi connectivity index (χ4v) is 2.62. The summed E-state index contributed by atoms with van der Waals surface area (Å²) >= 11 is 3.26. The fraction of sp³-hybridized carbons (Fsp3) is 0.500. The first-order valence-corrected chi connectivity index (χ1v) is 6.15. The number of hydrogen-bond acceptors (Lipinski definition) is 1. The number of rotatable bonds is 2. The molecular formula is C12H15BrFN. The van der Waals surface area contributed by atoms with Gasteiger partial charge in [0, 0.05) is 10.5 Å². The molecule has 2 atom stereocenters. The topological polar surface area (TPSA) is 26.0 Å². The summed E-state index contributed by atoms with van der Waals surface area (Å²) in [5.74, 6) is 0.337. The zero-order valence-electron chi connectivity index (χ0n) is 8.55. The van der Waals surface area contributed by atoms with E-state index in [0.717, 1.165) is 29.3 Å². The number of nitrogens with two attached hydrogens (primary N) is 1. The van der Waals surface area contributed by atoms with Gasteiger partial charge in [-0.2, -0.15) is 0 Å². The standard InChI is InChI=1S/C12H15BrFN/c13-10-5-4-8(11(14)7-10)6-9-2-1-3-12(9)15/h4-5,7,9,12H,1-3,6,15H2. The van der Waals surface area contributed by atoms with Gasteiger partial charge < -0.3 is 5.73 Å². The van der Waals surface area contributed by atoms with Gasteiger partial charge in [0.2, 0.25) is 0 Å². The Morgan fingerprint density at radius 3 is 2.80 bits per heavy atom. The molecule has 15 heavy (non-hydrogen) atoms. The summed E-state index contributed by atoms with van der Waals surface area (Å²) < 4.78 is 14.4. The number of hydrogen-bond donors (Lipinski definition) is 1. The number of halogens is 2. The lowest BCUT2D eigenvalue weighted by Gasteiger charge is -2.15. The maximum Gasteiger partial charge on any atom is 0.127 e. The van der Waals surface area contributed by atoms with Crippen molar-refractivity contribution in [3.05, 3.63) is 34.1 Å². The van der Waals surface area contributed by atoms with Gasteiger partial charge in [-0.05, 0) is 42.9 Å². The lowest BCUT2D eigenvalue weighted by atomic mass is 9.95. The van der Waals surface area contributed by atoms with Crippen LogP contribution in [0.1, 0.15) is 24.8 Å². The lowest BCUT2D eigenvalue weighted by Crippen LogP contribution is -2.26. The highest BCUT2D eigenvalue weighted by Gasteiger charge is 2.24. The molecule has 2 rings (SSSR count). The van der Waals surface area contributed by atoms with Crippen LogP contribution in [-0.2, 0) is 6.42 Å². The van der Waals surface area contributed by atoms with Crippen molar-refractivity contribution >= 4 is 15.9 Å². The minimum Gasteiger partial charge on any atom is -0.327 e. The summed E-state index contributed by atoms with van der Waals surface area (Å²) in [6.45, 7) is 0. The van der Waals surface area contributed by atoms with Crippen LogP contribution in [0.5, 0.6) is 0 Å². The third kappa shape index (κ3) is 2.58. The van der Waals surface area contributed by atoms with E-state index < -0.39 is 0 Å². The highest BCUT2D eigenvalue weighted by Crippen LogP contribution is 2.28. The molecule has 1 saturated carbocycles. The van der Waals surface area contributed by atoms with Crippen LogP contribution in [0.2, 0.25) is 0 Å². The van der Waals surface area contributed by atoms with Gasteiger partial charge >= 0.3 is 0 Å². The number of benzene rings is 1. The molecular weight excluding hydrogens is 257 g/mol. The Morgan fingerprint density at radius 2 is 2.20 bits per heavy atom. The van der Waals surface area contributed by atoms with Crippen molar-refractivity contribution in [2.24, 2.45) is 11.7 Å². The van der Waals surface area contributed by atoms with Gasteiger partial charge in [-0.3, -0.25) is 0 Å². The molecule has 3 heteroatoms. The highest BCUT2D eigenvalue weighted by atomic mass is 79.9. The second-order valence-electron chi connectivity index (χ2n) is 4.29. The molecule has 1 aromatic carbocycles. The van der Waals surface area contributed by atoms with E-state index in [1.165, 1.54) is 12.5 Å². The van der Waals surface area contributed by atoms with E-state index in [1.807, 2.05) is 12.1 Å². The second-order valence-corrected chi connectivity index (χ2v) is 5.21. The molecule has 1 aliphatic rings. The summed E-state index contributed by atoms with van der Waals surface area (Å²) in [6, 6.07) is 5.52. The normalized spacial score (nSPS) is 25.8. The highest BCUT2D eigenvalue weighted by molar-refractivity contribution is 9.10. The molecule has 0 radical (unpaired) electrons. The van der Waals surface area contributed by atoms with Crippen molar-refractivity contribution in [3.63, 3.8) is 0 Å². The fourth-order valence-electron chi connectivity index (χ4n) is 2.29. The quantitative estimate of drug-likeness (QED) is 0.878. The van der Waals surface area contributed by atoms with Crippen molar-refractivity contribution in [1.82, 2.24) is 0 Å². The van der Waals surface area contributed by atoms with Crippen LogP contribution in [0.25, 0.3) is 0 Å². The SMILES string of the molecule is NC1CCCC1Cc1ccc(Br)cc1F. The zero-order chi connectivity index (χ0) is 10.8. The molecule has 0 spiro atoms. The maximum atomic E-state index is 13.6. The van der Waals surface area contributed by atoms with Crippen LogP contribution in [0, 0.1) is 11.7 Å². The minimum atomic E-state index is -0.122. The average Bonchev–Trinajstić information content (AvgIpc) is 2.57. The summed E-state index contributed by atoms with van der Waals surface area (Å²) in [5, 5.41) is 0. The van der Waals surface area contributed by atoms with E-state index in [0.29, 0.717) is 5.92 Å². The predicted octanol–water partition coefficient (Wildman–Crippen LogP) is 3.26. The van der Waals surface area contributed by atoms with Crippen LogP contribution >= 0.6 is 15.9 Å². The minimum absolute atomic E-state index is 0.122. The van der Waals surface area contributed by atoms with Gasteiger partial charge in [-0.25, -0.2) is 4.39 Å². The van der Waals surface area contributed by atoms with E-state index in [1.54, 1.807) is 0 Å². The average molecular weight is 272 g/mol. The van der Waals surface area contributed by atoms with Crippen LogP contribution in [0.3, 0.4) is 0 Å². The summed E-state index contributed by atoms with van der Waals surface area (Å²) in [7, 11) is 0. The lowest BCUT2D eigenvalue weighted by molar-refractivity contribution is 0.466. The molecule has 82 valence electrons. The Labute approximate surface area is 98.0 Å². The van der Waals surface area contributed by atoms with Crippen molar-refractivity contribution in [2.75, 3.05) is 0 Å². The summed E-state index contributed by atoms with van der Waals surface area (Å²) in [5.41, 5.74) is 6.77. The van der Waals surface area contributed by atoms with E-state index in [4.69, 9.17) is 5.73 Å². The molecule has 0 aliphatic heterocycles. The second kappa shape index (κ2) is 4.62. The summed E-state index contributed by atoms with van der Waals surface area (Å²) in [4.78, 5) is 0. The largest absolute Gasteiger partial charge is 0.327 e. The van der Waals surface area contributed by atoms with Gasteiger partial charge in [0.15, 0.2) is 0 Å². The first kappa shape index (κ1) is 11.1. The predicted molar refractivity (Wildman–Crippen MR) is 63.1 cm³/mol. The molecule has 0 heterocycles. The molecule has 1 nitrogen and oxygen atoms in total. The van der Waals surface area contributed by atoms with E-state index in [9.17, 15) is 4.39 Å². The Hall–Kier alpha value is -0.410. The van der Waals surface area contributed by atoms with Gasteiger partial charge in [-0.1, -0.05) is 28.4 Å². The molecule has 0 bridgehead atoms. The van der Waals surface area contributed by atoms with Gasteiger partial charge in [0.25, 0.3) is 0 Å². The molecule has 2 N–H and O–H groups in total. The Balaban J connectivity index is 2.10. The van der Waals surface area contributed by atoms with Gasteiger partial charge in [0.05, 0.1) is 0 Å². The van der Waals surface area contributed by atoms with E-state index in [2.05, 4.69) is 15.9 Å². The van der Waals surface area contributed by atoms with Crippen LogP contribution in [-0.4, -0.2) is 6.04 Å². The molecule has 1 aromatic rings. The van der Waals surface area contributed by atoms with Crippen molar-refractivity contribution in [1.29, 1.82) is 0 Å². The van der Waals surface area contributed by atoms with Crippen LogP contribution in [0.15, 0.2) is 22.7 Å². The Bertz CT molecular complexity index is 353. The molecule has 0 amide bonds.